The summed E-state index contributed by atoms with van der Waals surface area (Å²) >= 11 is 0. The number of aryl methyl sites for hydroxylation is 1. The van der Waals surface area contributed by atoms with Crippen molar-refractivity contribution in [2.75, 3.05) is 32.7 Å². The number of hydrogen-bond donors (Lipinski definition) is 0. The van der Waals surface area contributed by atoms with E-state index in [-0.39, 0.29) is 0 Å². The molecular formula is C24H32N4O. The van der Waals surface area contributed by atoms with Crippen molar-refractivity contribution < 1.29 is 4.79 Å². The molecule has 0 saturated carbocycles. The quantitative estimate of drug-likeness (QED) is 0.784. The molecule has 1 amide bonds. The number of pyridine rings is 1. The van der Waals surface area contributed by atoms with E-state index < -0.39 is 0 Å². The molecule has 2 fully saturated rings. The Morgan fingerprint density at radius 2 is 1.72 bits per heavy atom. The smallest absolute Gasteiger partial charge is 0.222 e. The van der Waals surface area contributed by atoms with Crippen molar-refractivity contribution in [3.05, 3.63) is 65.5 Å². The van der Waals surface area contributed by atoms with E-state index in [1.807, 2.05) is 12.4 Å². The van der Waals surface area contributed by atoms with Gasteiger partial charge in [0.05, 0.1) is 0 Å². The Hall–Kier alpha value is -2.24. The fraction of sp³-hybridized carbons (Fsp3) is 0.500. The number of amides is 1. The van der Waals surface area contributed by atoms with Gasteiger partial charge in [0, 0.05) is 70.7 Å². The summed E-state index contributed by atoms with van der Waals surface area (Å²) in [5.74, 6) is 0.310. The SMILES string of the molecule is Cc1cccc(CN2CCC(N3CCN(Cc4ccncc4)CC3)CCC2=O)c1. The third kappa shape index (κ3) is 5.43. The summed E-state index contributed by atoms with van der Waals surface area (Å²) in [6, 6.07) is 13.3. The molecule has 3 heterocycles. The van der Waals surface area contributed by atoms with Gasteiger partial charge in [-0.3, -0.25) is 19.6 Å². The number of aromatic nitrogens is 1. The fourth-order valence-electron chi connectivity index (χ4n) is 4.62. The van der Waals surface area contributed by atoms with Crippen molar-refractivity contribution in [3.8, 4) is 0 Å². The van der Waals surface area contributed by atoms with Gasteiger partial charge < -0.3 is 4.90 Å². The minimum Gasteiger partial charge on any atom is -0.338 e. The molecule has 29 heavy (non-hydrogen) atoms. The average Bonchev–Trinajstić information content (AvgIpc) is 2.91. The Morgan fingerprint density at radius 3 is 2.48 bits per heavy atom. The van der Waals surface area contributed by atoms with Gasteiger partial charge in [-0.05, 0) is 43.0 Å². The lowest BCUT2D eigenvalue weighted by molar-refractivity contribution is -0.131. The Balaban J connectivity index is 1.28. The monoisotopic (exact) mass is 392 g/mol. The van der Waals surface area contributed by atoms with Crippen LogP contribution in [0.3, 0.4) is 0 Å². The topological polar surface area (TPSA) is 39.7 Å². The van der Waals surface area contributed by atoms with E-state index in [0.717, 1.165) is 58.7 Å². The summed E-state index contributed by atoms with van der Waals surface area (Å²) in [6.07, 6.45) is 6.50. The van der Waals surface area contributed by atoms with E-state index >= 15 is 0 Å². The van der Waals surface area contributed by atoms with E-state index in [9.17, 15) is 4.79 Å². The number of rotatable bonds is 5. The van der Waals surface area contributed by atoms with Crippen LogP contribution in [0.15, 0.2) is 48.8 Å². The van der Waals surface area contributed by atoms with Crippen LogP contribution in [0.4, 0.5) is 0 Å². The Morgan fingerprint density at radius 1 is 0.931 bits per heavy atom. The zero-order valence-electron chi connectivity index (χ0n) is 17.5. The van der Waals surface area contributed by atoms with Crippen molar-refractivity contribution in [1.29, 1.82) is 0 Å². The van der Waals surface area contributed by atoms with Crippen LogP contribution < -0.4 is 0 Å². The molecular weight excluding hydrogens is 360 g/mol. The first-order valence-corrected chi connectivity index (χ1v) is 10.9. The molecule has 4 rings (SSSR count). The maximum absolute atomic E-state index is 12.7. The maximum Gasteiger partial charge on any atom is 0.222 e. The van der Waals surface area contributed by atoms with Gasteiger partial charge in [-0.15, -0.1) is 0 Å². The van der Waals surface area contributed by atoms with Gasteiger partial charge in [0.2, 0.25) is 5.91 Å². The number of benzene rings is 1. The number of nitrogens with zero attached hydrogens (tertiary/aromatic N) is 4. The molecule has 154 valence electrons. The second-order valence-electron chi connectivity index (χ2n) is 8.45. The molecule has 2 saturated heterocycles. The van der Waals surface area contributed by atoms with Crippen LogP contribution in [0.5, 0.6) is 0 Å². The number of carbonyl (C=O) groups is 1. The predicted octanol–water partition coefficient (Wildman–Crippen LogP) is 3.09. The first-order valence-electron chi connectivity index (χ1n) is 10.9. The van der Waals surface area contributed by atoms with Crippen LogP contribution >= 0.6 is 0 Å². The van der Waals surface area contributed by atoms with E-state index in [0.29, 0.717) is 18.4 Å². The van der Waals surface area contributed by atoms with Crippen molar-refractivity contribution in [2.24, 2.45) is 0 Å². The average molecular weight is 393 g/mol. The number of carbonyl (C=O) groups excluding carboxylic acids is 1. The maximum atomic E-state index is 12.7. The third-order valence-electron chi connectivity index (χ3n) is 6.31. The molecule has 2 aromatic rings. The molecule has 2 aliphatic heterocycles. The van der Waals surface area contributed by atoms with Gasteiger partial charge in [0.15, 0.2) is 0 Å². The molecule has 0 spiro atoms. The Labute approximate surface area is 174 Å². The highest BCUT2D eigenvalue weighted by Crippen LogP contribution is 2.21. The largest absolute Gasteiger partial charge is 0.338 e. The molecule has 0 N–H and O–H groups in total. The van der Waals surface area contributed by atoms with Crippen LogP contribution in [-0.4, -0.2) is 64.4 Å². The minimum atomic E-state index is 0.310. The zero-order chi connectivity index (χ0) is 20.1. The van der Waals surface area contributed by atoms with Crippen molar-refractivity contribution in [1.82, 2.24) is 19.7 Å². The molecule has 1 aromatic heterocycles. The number of likely N-dealkylation sites (tertiary alicyclic amines) is 1. The molecule has 1 unspecified atom stereocenters. The molecule has 2 aliphatic rings. The number of hydrogen-bond acceptors (Lipinski definition) is 4. The lowest BCUT2D eigenvalue weighted by Gasteiger charge is -2.39. The van der Waals surface area contributed by atoms with Gasteiger partial charge >= 0.3 is 0 Å². The van der Waals surface area contributed by atoms with E-state index in [2.05, 4.69) is 63.0 Å². The second kappa shape index (κ2) is 9.51. The fourth-order valence-corrected chi connectivity index (χ4v) is 4.62. The highest BCUT2D eigenvalue weighted by Gasteiger charge is 2.28. The first kappa shape index (κ1) is 20.0. The number of piperazine rings is 1. The molecule has 0 aliphatic carbocycles. The molecule has 1 aromatic carbocycles. The minimum absolute atomic E-state index is 0.310. The van der Waals surface area contributed by atoms with Crippen molar-refractivity contribution in [3.63, 3.8) is 0 Å². The highest BCUT2D eigenvalue weighted by molar-refractivity contribution is 5.76. The van der Waals surface area contributed by atoms with Crippen LogP contribution in [0, 0.1) is 6.92 Å². The highest BCUT2D eigenvalue weighted by atomic mass is 16.2. The van der Waals surface area contributed by atoms with Crippen LogP contribution in [0.1, 0.15) is 36.0 Å². The van der Waals surface area contributed by atoms with Gasteiger partial charge in [0.1, 0.15) is 0 Å². The van der Waals surface area contributed by atoms with Crippen LogP contribution in [0.25, 0.3) is 0 Å². The molecule has 5 heteroatoms. The zero-order valence-corrected chi connectivity index (χ0v) is 17.5. The lowest BCUT2D eigenvalue weighted by Crippen LogP contribution is -2.50. The summed E-state index contributed by atoms with van der Waals surface area (Å²) in [7, 11) is 0. The van der Waals surface area contributed by atoms with Gasteiger partial charge in [-0.25, -0.2) is 0 Å². The Kier molecular flexibility index (Phi) is 6.57. The summed E-state index contributed by atoms with van der Waals surface area (Å²) in [4.78, 5) is 24.0. The summed E-state index contributed by atoms with van der Waals surface area (Å²) in [5.41, 5.74) is 3.83. The van der Waals surface area contributed by atoms with Gasteiger partial charge in [0.25, 0.3) is 0 Å². The first-order chi connectivity index (χ1) is 14.2. The van der Waals surface area contributed by atoms with Gasteiger partial charge in [-0.2, -0.15) is 0 Å². The molecule has 1 atom stereocenters. The van der Waals surface area contributed by atoms with E-state index in [4.69, 9.17) is 0 Å². The summed E-state index contributed by atoms with van der Waals surface area (Å²) in [5, 5.41) is 0. The van der Waals surface area contributed by atoms with Crippen LogP contribution in [0.2, 0.25) is 0 Å². The lowest BCUT2D eigenvalue weighted by atomic mass is 10.1. The summed E-state index contributed by atoms with van der Waals surface area (Å²) in [6.45, 7) is 9.12. The summed E-state index contributed by atoms with van der Waals surface area (Å²) < 4.78 is 0. The third-order valence-corrected chi connectivity index (χ3v) is 6.31. The Bertz CT molecular complexity index is 802. The standard InChI is InChI=1S/C24H32N4O/c1-20-3-2-4-22(17-20)19-28-12-9-23(5-6-24(28)29)27-15-13-26(14-16-27)18-21-7-10-25-11-8-21/h2-4,7-8,10-11,17,23H,5-6,9,12-16,18-19H2,1H3. The van der Waals surface area contributed by atoms with Crippen molar-refractivity contribution in [2.45, 2.75) is 45.3 Å². The van der Waals surface area contributed by atoms with Crippen LogP contribution in [-0.2, 0) is 17.9 Å². The molecule has 0 radical (unpaired) electrons. The normalized spacial score (nSPS) is 21.9. The predicted molar refractivity (Wildman–Crippen MR) is 115 cm³/mol. The second-order valence-corrected chi connectivity index (χ2v) is 8.45. The van der Waals surface area contributed by atoms with E-state index in [1.165, 1.54) is 16.7 Å². The van der Waals surface area contributed by atoms with Gasteiger partial charge in [-0.1, -0.05) is 29.8 Å². The molecule has 5 nitrogen and oxygen atoms in total. The molecule has 0 bridgehead atoms. The van der Waals surface area contributed by atoms with Crippen molar-refractivity contribution >= 4 is 5.91 Å². The van der Waals surface area contributed by atoms with E-state index in [1.54, 1.807) is 0 Å².